The smallest absolute Gasteiger partial charge is 0.246 e. The van der Waals surface area contributed by atoms with Crippen LogP contribution in [0, 0.1) is 5.92 Å². The summed E-state index contributed by atoms with van der Waals surface area (Å²) in [5, 5.41) is 0.483. The summed E-state index contributed by atoms with van der Waals surface area (Å²) in [5.74, 6) is 0.145. The number of rotatable bonds is 2. The topological polar surface area (TPSA) is 38.3 Å². The summed E-state index contributed by atoms with van der Waals surface area (Å²) in [6.07, 6.45) is 3.93. The molecule has 1 aliphatic carbocycles. The summed E-state index contributed by atoms with van der Waals surface area (Å²) in [6, 6.07) is 0. The number of amides is 1. The van der Waals surface area contributed by atoms with Gasteiger partial charge in [-0.1, -0.05) is 0 Å². The van der Waals surface area contributed by atoms with Crippen molar-refractivity contribution in [3.63, 3.8) is 0 Å². The van der Waals surface area contributed by atoms with Crippen LogP contribution in [0.25, 0.3) is 0 Å². The molecule has 0 aromatic rings. The van der Waals surface area contributed by atoms with Crippen LogP contribution in [0.3, 0.4) is 0 Å². The molecule has 0 saturated heterocycles. The fourth-order valence-electron chi connectivity index (χ4n) is 1.52. The van der Waals surface area contributed by atoms with E-state index in [-0.39, 0.29) is 11.8 Å². The fraction of sp³-hybridized carbons (Fsp3) is 0.875. The van der Waals surface area contributed by atoms with Gasteiger partial charge in [0.05, 0.1) is 7.11 Å². The van der Waals surface area contributed by atoms with E-state index in [9.17, 15) is 4.79 Å². The van der Waals surface area contributed by atoms with Gasteiger partial charge in [-0.3, -0.25) is 9.63 Å². The first-order chi connectivity index (χ1) is 5.74. The highest BCUT2D eigenvalue weighted by Gasteiger charge is 2.24. The van der Waals surface area contributed by atoms with Crippen LogP contribution in [0.2, 0.25) is 0 Å². The maximum absolute atomic E-state index is 11.2. The zero-order valence-corrected chi connectivity index (χ0v) is 8.14. The molecule has 70 valence electrons. The summed E-state index contributed by atoms with van der Waals surface area (Å²) in [4.78, 5) is 15.8. The Balaban J connectivity index is 2.29. The molecular weight excluding hydrogens is 174 g/mol. The van der Waals surface area contributed by atoms with Gasteiger partial charge in [0.25, 0.3) is 0 Å². The zero-order valence-electron chi connectivity index (χ0n) is 7.25. The van der Waals surface area contributed by atoms with E-state index in [0.717, 1.165) is 25.7 Å². The first-order valence-electron chi connectivity index (χ1n) is 4.25. The highest BCUT2D eigenvalue weighted by atomic mass is 32.1. The second-order valence-electron chi connectivity index (χ2n) is 3.18. The van der Waals surface area contributed by atoms with Crippen molar-refractivity contribution in [2.45, 2.75) is 30.9 Å². The van der Waals surface area contributed by atoms with Crippen LogP contribution < -0.4 is 5.48 Å². The Morgan fingerprint density at radius 2 is 2.00 bits per heavy atom. The third-order valence-electron chi connectivity index (χ3n) is 2.27. The van der Waals surface area contributed by atoms with Gasteiger partial charge < -0.3 is 0 Å². The van der Waals surface area contributed by atoms with E-state index < -0.39 is 0 Å². The van der Waals surface area contributed by atoms with E-state index in [2.05, 4.69) is 22.9 Å². The predicted molar refractivity (Wildman–Crippen MR) is 49.9 cm³/mol. The number of hydrogen-bond donors (Lipinski definition) is 2. The zero-order chi connectivity index (χ0) is 8.97. The van der Waals surface area contributed by atoms with E-state index in [1.807, 2.05) is 0 Å². The van der Waals surface area contributed by atoms with Gasteiger partial charge in [0.2, 0.25) is 5.91 Å². The van der Waals surface area contributed by atoms with Crippen molar-refractivity contribution >= 4 is 18.5 Å². The van der Waals surface area contributed by atoms with Gasteiger partial charge in [-0.2, -0.15) is 12.6 Å². The first kappa shape index (κ1) is 9.86. The number of carbonyl (C=O) groups is 1. The van der Waals surface area contributed by atoms with Crippen molar-refractivity contribution in [3.05, 3.63) is 0 Å². The molecule has 0 bridgehead atoms. The molecule has 4 heteroatoms. The monoisotopic (exact) mass is 189 g/mol. The Bertz CT molecular complexity index is 155. The predicted octanol–water partition coefficient (Wildman–Crippen LogP) is 1.15. The van der Waals surface area contributed by atoms with Gasteiger partial charge >= 0.3 is 0 Å². The molecule has 1 aliphatic rings. The lowest BCUT2D eigenvalue weighted by Crippen LogP contribution is -2.32. The van der Waals surface area contributed by atoms with E-state index in [1.54, 1.807) is 0 Å². The van der Waals surface area contributed by atoms with Gasteiger partial charge in [-0.05, 0) is 25.7 Å². The average Bonchev–Trinajstić information content (AvgIpc) is 2.06. The minimum absolute atomic E-state index is 0.0118. The Labute approximate surface area is 78.2 Å². The molecule has 1 fully saturated rings. The molecule has 1 N–H and O–H groups in total. The van der Waals surface area contributed by atoms with Crippen molar-refractivity contribution in [2.75, 3.05) is 7.11 Å². The Morgan fingerprint density at radius 1 is 1.42 bits per heavy atom. The molecule has 3 nitrogen and oxygen atoms in total. The Kier molecular flexibility index (Phi) is 3.88. The number of nitrogens with one attached hydrogen (secondary N) is 1. The summed E-state index contributed by atoms with van der Waals surface area (Å²) >= 11 is 4.36. The SMILES string of the molecule is CONC(=O)C1CCC(S)CC1. The third kappa shape index (κ3) is 2.68. The molecule has 1 rings (SSSR count). The van der Waals surface area contributed by atoms with Crippen LogP contribution in [-0.4, -0.2) is 18.3 Å². The third-order valence-corrected chi connectivity index (χ3v) is 2.79. The minimum Gasteiger partial charge on any atom is -0.277 e. The molecule has 1 saturated carbocycles. The molecule has 0 spiro atoms. The molecule has 0 radical (unpaired) electrons. The van der Waals surface area contributed by atoms with Gasteiger partial charge in [-0.15, -0.1) is 0 Å². The van der Waals surface area contributed by atoms with Gasteiger partial charge in [0.1, 0.15) is 0 Å². The molecular formula is C8H15NO2S. The van der Waals surface area contributed by atoms with Crippen molar-refractivity contribution in [1.82, 2.24) is 5.48 Å². The molecule has 1 amide bonds. The molecule has 0 aromatic heterocycles. The Morgan fingerprint density at radius 3 is 2.50 bits per heavy atom. The maximum Gasteiger partial charge on any atom is 0.246 e. The minimum atomic E-state index is 0.0118. The number of hydroxylamine groups is 1. The van der Waals surface area contributed by atoms with Crippen molar-refractivity contribution in [1.29, 1.82) is 0 Å². The van der Waals surface area contributed by atoms with Crippen molar-refractivity contribution in [2.24, 2.45) is 5.92 Å². The summed E-state index contributed by atoms with van der Waals surface area (Å²) in [6.45, 7) is 0. The van der Waals surface area contributed by atoms with Gasteiger partial charge in [-0.25, -0.2) is 5.48 Å². The lowest BCUT2D eigenvalue weighted by Gasteiger charge is -2.24. The number of carbonyl (C=O) groups excluding carboxylic acids is 1. The van der Waals surface area contributed by atoms with Crippen LogP contribution in [0.4, 0.5) is 0 Å². The van der Waals surface area contributed by atoms with E-state index in [0.29, 0.717) is 5.25 Å². The summed E-state index contributed by atoms with van der Waals surface area (Å²) in [7, 11) is 1.46. The summed E-state index contributed by atoms with van der Waals surface area (Å²) in [5.41, 5.74) is 2.37. The van der Waals surface area contributed by atoms with E-state index in [1.165, 1.54) is 7.11 Å². The molecule has 12 heavy (non-hydrogen) atoms. The van der Waals surface area contributed by atoms with Crippen molar-refractivity contribution < 1.29 is 9.63 Å². The largest absolute Gasteiger partial charge is 0.277 e. The van der Waals surface area contributed by atoms with E-state index in [4.69, 9.17) is 0 Å². The molecule has 0 atom stereocenters. The highest BCUT2D eigenvalue weighted by Crippen LogP contribution is 2.27. The average molecular weight is 189 g/mol. The normalized spacial score (nSPS) is 29.8. The Hall–Kier alpha value is -0.220. The second kappa shape index (κ2) is 4.72. The summed E-state index contributed by atoms with van der Waals surface area (Å²) < 4.78 is 0. The van der Waals surface area contributed by atoms with Crippen molar-refractivity contribution in [3.8, 4) is 0 Å². The van der Waals surface area contributed by atoms with E-state index >= 15 is 0 Å². The molecule has 0 aliphatic heterocycles. The standard InChI is InChI=1S/C8H15NO2S/c1-11-9-8(10)6-2-4-7(12)5-3-6/h6-7,12H,2-5H2,1H3,(H,9,10). The van der Waals surface area contributed by atoms with Crippen LogP contribution in [0.15, 0.2) is 0 Å². The number of thiol groups is 1. The quantitative estimate of drug-likeness (QED) is 0.505. The molecule has 0 unspecified atom stereocenters. The lowest BCUT2D eigenvalue weighted by molar-refractivity contribution is -0.136. The first-order valence-corrected chi connectivity index (χ1v) is 4.76. The van der Waals surface area contributed by atoms with Crippen LogP contribution >= 0.6 is 12.6 Å². The molecule has 0 heterocycles. The lowest BCUT2D eigenvalue weighted by atomic mass is 9.88. The maximum atomic E-state index is 11.2. The van der Waals surface area contributed by atoms with Crippen LogP contribution in [-0.2, 0) is 9.63 Å². The fourth-order valence-corrected chi connectivity index (χ4v) is 1.82. The highest BCUT2D eigenvalue weighted by molar-refractivity contribution is 7.80. The second-order valence-corrected chi connectivity index (χ2v) is 3.91. The van der Waals surface area contributed by atoms with Crippen LogP contribution in [0.5, 0.6) is 0 Å². The van der Waals surface area contributed by atoms with Gasteiger partial charge in [0.15, 0.2) is 0 Å². The van der Waals surface area contributed by atoms with Gasteiger partial charge in [0, 0.05) is 11.2 Å². The van der Waals surface area contributed by atoms with Crippen LogP contribution in [0.1, 0.15) is 25.7 Å². The number of hydrogen-bond acceptors (Lipinski definition) is 3. The molecule has 0 aromatic carbocycles.